The molecule has 2 aromatic carbocycles. The molecule has 1 aromatic heterocycles. The lowest BCUT2D eigenvalue weighted by molar-refractivity contribution is 0.0945. The molecule has 0 saturated heterocycles. The van der Waals surface area contributed by atoms with Crippen LogP contribution < -0.4 is 14.8 Å². The first-order valence-corrected chi connectivity index (χ1v) is 9.70. The number of methoxy groups -OCH3 is 1. The van der Waals surface area contributed by atoms with Gasteiger partial charge in [-0.2, -0.15) is 5.10 Å². The van der Waals surface area contributed by atoms with E-state index in [0.29, 0.717) is 41.7 Å². The van der Waals surface area contributed by atoms with E-state index >= 15 is 0 Å². The second-order valence-electron chi connectivity index (χ2n) is 6.58. The summed E-state index contributed by atoms with van der Waals surface area (Å²) in [5.41, 5.74) is 3.02. The lowest BCUT2D eigenvalue weighted by Gasteiger charge is -2.10. The van der Waals surface area contributed by atoms with E-state index in [4.69, 9.17) is 21.1 Å². The fraction of sp³-hybridized carbons (Fsp3) is 0.273. The van der Waals surface area contributed by atoms with Gasteiger partial charge in [0.25, 0.3) is 5.91 Å². The molecule has 7 heteroatoms. The van der Waals surface area contributed by atoms with Crippen LogP contribution in [0.5, 0.6) is 11.5 Å². The Morgan fingerprint density at radius 2 is 1.90 bits per heavy atom. The molecule has 1 N–H and O–H groups in total. The molecule has 29 heavy (non-hydrogen) atoms. The topological polar surface area (TPSA) is 65.4 Å². The van der Waals surface area contributed by atoms with Gasteiger partial charge >= 0.3 is 0 Å². The maximum atomic E-state index is 12.7. The van der Waals surface area contributed by atoms with Crippen LogP contribution in [0.1, 0.15) is 27.3 Å². The van der Waals surface area contributed by atoms with E-state index in [2.05, 4.69) is 10.4 Å². The van der Waals surface area contributed by atoms with Gasteiger partial charge < -0.3 is 14.8 Å². The van der Waals surface area contributed by atoms with Crippen molar-refractivity contribution in [1.29, 1.82) is 0 Å². The molecule has 0 aliphatic rings. The van der Waals surface area contributed by atoms with Gasteiger partial charge in [-0.25, -0.2) is 0 Å². The van der Waals surface area contributed by atoms with Crippen LogP contribution >= 0.6 is 11.6 Å². The number of amides is 1. The number of carbonyl (C=O) groups excluding carboxylic acids is 1. The van der Waals surface area contributed by atoms with Gasteiger partial charge in [-0.15, -0.1) is 0 Å². The van der Waals surface area contributed by atoms with Crippen LogP contribution in [0.15, 0.2) is 48.5 Å². The van der Waals surface area contributed by atoms with Crippen molar-refractivity contribution in [2.45, 2.75) is 20.4 Å². The SMILES string of the molecule is COc1cccc(OCCNC(=O)c2c(C)nn(Cc3ccccc3Cl)c2C)c1. The summed E-state index contributed by atoms with van der Waals surface area (Å²) >= 11 is 6.25. The second kappa shape index (κ2) is 9.47. The summed E-state index contributed by atoms with van der Waals surface area (Å²) in [6, 6.07) is 15.0. The molecular weight excluding hydrogens is 390 g/mol. The van der Waals surface area contributed by atoms with Gasteiger partial charge in [-0.1, -0.05) is 35.9 Å². The summed E-state index contributed by atoms with van der Waals surface area (Å²) in [5.74, 6) is 1.25. The molecular formula is C22H24ClN3O3. The van der Waals surface area contributed by atoms with Gasteiger partial charge in [0, 0.05) is 16.8 Å². The molecule has 0 atom stereocenters. The fourth-order valence-corrected chi connectivity index (χ4v) is 3.28. The van der Waals surface area contributed by atoms with Crippen LogP contribution in [0.2, 0.25) is 5.02 Å². The smallest absolute Gasteiger partial charge is 0.255 e. The zero-order valence-electron chi connectivity index (χ0n) is 16.7. The first-order valence-electron chi connectivity index (χ1n) is 9.32. The minimum absolute atomic E-state index is 0.167. The molecule has 0 saturated carbocycles. The molecule has 0 aliphatic heterocycles. The number of carbonyl (C=O) groups is 1. The number of aromatic nitrogens is 2. The zero-order valence-corrected chi connectivity index (χ0v) is 17.5. The molecule has 0 fully saturated rings. The monoisotopic (exact) mass is 413 g/mol. The van der Waals surface area contributed by atoms with Gasteiger partial charge in [0.05, 0.1) is 31.5 Å². The summed E-state index contributed by atoms with van der Waals surface area (Å²) in [6.45, 7) is 4.96. The highest BCUT2D eigenvalue weighted by Crippen LogP contribution is 2.20. The Labute approximate surface area is 175 Å². The third kappa shape index (κ3) is 5.09. The highest BCUT2D eigenvalue weighted by molar-refractivity contribution is 6.31. The van der Waals surface area contributed by atoms with Crippen LogP contribution in [0, 0.1) is 13.8 Å². The molecule has 0 aliphatic carbocycles. The van der Waals surface area contributed by atoms with E-state index in [1.165, 1.54) is 0 Å². The summed E-state index contributed by atoms with van der Waals surface area (Å²) in [6.07, 6.45) is 0. The van der Waals surface area contributed by atoms with Crippen molar-refractivity contribution in [3.05, 3.63) is 76.1 Å². The normalized spacial score (nSPS) is 10.6. The average molecular weight is 414 g/mol. The summed E-state index contributed by atoms with van der Waals surface area (Å²) in [7, 11) is 1.61. The Balaban J connectivity index is 1.59. The highest BCUT2D eigenvalue weighted by Gasteiger charge is 2.18. The van der Waals surface area contributed by atoms with E-state index in [9.17, 15) is 4.79 Å². The summed E-state index contributed by atoms with van der Waals surface area (Å²) in [4.78, 5) is 12.7. The predicted molar refractivity (Wildman–Crippen MR) is 113 cm³/mol. The minimum atomic E-state index is -0.167. The Morgan fingerprint density at radius 3 is 2.66 bits per heavy atom. The molecule has 1 heterocycles. The van der Waals surface area contributed by atoms with Gasteiger partial charge in [0.15, 0.2) is 0 Å². The molecule has 1 amide bonds. The second-order valence-corrected chi connectivity index (χ2v) is 6.99. The number of benzene rings is 2. The Morgan fingerprint density at radius 1 is 1.14 bits per heavy atom. The van der Waals surface area contributed by atoms with Gasteiger partial charge in [0.1, 0.15) is 18.1 Å². The number of ether oxygens (including phenoxy) is 2. The minimum Gasteiger partial charge on any atom is -0.497 e. The number of nitrogens with zero attached hydrogens (tertiary/aromatic N) is 2. The summed E-state index contributed by atoms with van der Waals surface area (Å²) in [5, 5.41) is 8.09. The van der Waals surface area contributed by atoms with E-state index in [1.54, 1.807) is 17.9 Å². The number of halogens is 1. The quantitative estimate of drug-likeness (QED) is 0.566. The molecule has 0 radical (unpaired) electrons. The van der Waals surface area contributed by atoms with Crippen LogP contribution in [0.3, 0.4) is 0 Å². The van der Waals surface area contributed by atoms with Crippen molar-refractivity contribution in [3.8, 4) is 11.5 Å². The predicted octanol–water partition coefficient (Wildman–Crippen LogP) is 4.02. The van der Waals surface area contributed by atoms with E-state index in [1.807, 2.05) is 56.3 Å². The van der Waals surface area contributed by atoms with Gasteiger partial charge in [0.2, 0.25) is 0 Å². The largest absolute Gasteiger partial charge is 0.497 e. The maximum absolute atomic E-state index is 12.7. The van der Waals surface area contributed by atoms with Crippen LogP contribution in [0.4, 0.5) is 0 Å². The van der Waals surface area contributed by atoms with E-state index < -0.39 is 0 Å². The highest BCUT2D eigenvalue weighted by atomic mass is 35.5. The Bertz CT molecular complexity index is 1000. The molecule has 0 unspecified atom stereocenters. The molecule has 3 rings (SSSR count). The van der Waals surface area contributed by atoms with Gasteiger partial charge in [-0.3, -0.25) is 9.48 Å². The van der Waals surface area contributed by atoms with Crippen molar-refractivity contribution in [3.63, 3.8) is 0 Å². The first-order chi connectivity index (χ1) is 14.0. The average Bonchev–Trinajstić information content (AvgIpc) is 3.00. The molecule has 0 spiro atoms. The number of rotatable bonds is 8. The fourth-order valence-electron chi connectivity index (χ4n) is 3.08. The molecule has 6 nitrogen and oxygen atoms in total. The van der Waals surface area contributed by atoms with Crippen molar-refractivity contribution in [1.82, 2.24) is 15.1 Å². The lowest BCUT2D eigenvalue weighted by atomic mass is 10.1. The van der Waals surface area contributed by atoms with Crippen molar-refractivity contribution < 1.29 is 14.3 Å². The van der Waals surface area contributed by atoms with Crippen molar-refractivity contribution in [2.75, 3.05) is 20.3 Å². The summed E-state index contributed by atoms with van der Waals surface area (Å²) < 4.78 is 12.6. The molecule has 3 aromatic rings. The number of hydrogen-bond acceptors (Lipinski definition) is 4. The number of aryl methyl sites for hydroxylation is 1. The van der Waals surface area contributed by atoms with E-state index in [-0.39, 0.29) is 5.91 Å². The Hall–Kier alpha value is -2.99. The zero-order chi connectivity index (χ0) is 20.8. The number of nitrogens with one attached hydrogen (secondary N) is 1. The third-order valence-corrected chi connectivity index (χ3v) is 4.95. The van der Waals surface area contributed by atoms with E-state index in [0.717, 1.165) is 17.0 Å². The first kappa shape index (κ1) is 20.7. The van der Waals surface area contributed by atoms with Crippen LogP contribution in [-0.2, 0) is 6.54 Å². The molecule has 152 valence electrons. The van der Waals surface area contributed by atoms with Gasteiger partial charge in [-0.05, 0) is 37.6 Å². The number of hydrogen-bond donors (Lipinski definition) is 1. The van der Waals surface area contributed by atoms with Crippen LogP contribution in [0.25, 0.3) is 0 Å². The maximum Gasteiger partial charge on any atom is 0.255 e. The lowest BCUT2D eigenvalue weighted by Crippen LogP contribution is -2.29. The van der Waals surface area contributed by atoms with Crippen LogP contribution in [-0.4, -0.2) is 35.9 Å². The van der Waals surface area contributed by atoms with Crippen molar-refractivity contribution in [2.24, 2.45) is 0 Å². The molecule has 0 bridgehead atoms. The van der Waals surface area contributed by atoms with Crippen molar-refractivity contribution >= 4 is 17.5 Å². The Kier molecular flexibility index (Phi) is 6.77. The third-order valence-electron chi connectivity index (χ3n) is 4.58. The standard InChI is InChI=1S/C22H24ClN3O3/c1-15-21(16(2)26(25-15)14-17-7-4-5-10-20(17)23)22(27)24-11-12-29-19-9-6-8-18(13-19)28-3/h4-10,13H,11-12,14H2,1-3H3,(H,24,27).